The van der Waals surface area contributed by atoms with Crippen LogP contribution in [0.2, 0.25) is 10.0 Å². The zero-order valence-electron chi connectivity index (χ0n) is 19.5. The molecular formula is C24H25Cl2N5O4S. The van der Waals surface area contributed by atoms with Crippen molar-refractivity contribution in [2.75, 3.05) is 41.4 Å². The van der Waals surface area contributed by atoms with E-state index in [-0.39, 0.29) is 5.75 Å². The monoisotopic (exact) mass is 549 g/mol. The molecule has 1 aromatic heterocycles. The van der Waals surface area contributed by atoms with E-state index in [9.17, 15) is 13.2 Å². The SMILES string of the molecule is CCS(=O)(=O)CC(=O)NCCN1CCc2ncnc(Nc3ccc(Oc4cccc(Cl)c4)c(Cl)c3)c21. The van der Waals surface area contributed by atoms with Gasteiger partial charge in [0, 0.05) is 42.5 Å². The molecule has 0 atom stereocenters. The highest BCUT2D eigenvalue weighted by atomic mass is 35.5. The third-order valence-corrected chi connectivity index (χ3v) is 7.66. The first-order valence-corrected chi connectivity index (χ1v) is 13.9. The number of hydrogen-bond acceptors (Lipinski definition) is 8. The zero-order valence-corrected chi connectivity index (χ0v) is 21.8. The Labute approximate surface area is 219 Å². The van der Waals surface area contributed by atoms with Crippen LogP contribution in [0.15, 0.2) is 48.8 Å². The van der Waals surface area contributed by atoms with Crippen LogP contribution < -0.4 is 20.3 Å². The number of carbonyl (C=O) groups is 1. The van der Waals surface area contributed by atoms with Crippen LogP contribution in [-0.4, -0.2) is 55.4 Å². The number of fused-ring (bicyclic) bond motifs is 1. The highest BCUT2D eigenvalue weighted by Gasteiger charge is 2.25. The van der Waals surface area contributed by atoms with Crippen LogP contribution in [0.4, 0.5) is 17.2 Å². The van der Waals surface area contributed by atoms with Gasteiger partial charge in [-0.15, -0.1) is 0 Å². The Bertz CT molecular complexity index is 1370. The Kier molecular flexibility index (Phi) is 8.17. The van der Waals surface area contributed by atoms with Crippen molar-refractivity contribution in [3.05, 3.63) is 64.5 Å². The topological polar surface area (TPSA) is 114 Å². The molecule has 9 nitrogen and oxygen atoms in total. The van der Waals surface area contributed by atoms with Gasteiger partial charge in [-0.25, -0.2) is 18.4 Å². The van der Waals surface area contributed by atoms with Crippen molar-refractivity contribution < 1.29 is 17.9 Å². The summed E-state index contributed by atoms with van der Waals surface area (Å²) >= 11 is 12.5. The second-order valence-electron chi connectivity index (χ2n) is 8.11. The van der Waals surface area contributed by atoms with Crippen molar-refractivity contribution in [1.29, 1.82) is 0 Å². The Morgan fingerprint density at radius 2 is 2.00 bits per heavy atom. The van der Waals surface area contributed by atoms with E-state index in [4.69, 9.17) is 27.9 Å². The first-order valence-electron chi connectivity index (χ1n) is 11.3. The largest absolute Gasteiger partial charge is 0.456 e. The molecule has 0 saturated heterocycles. The van der Waals surface area contributed by atoms with Crippen molar-refractivity contribution in [3.63, 3.8) is 0 Å². The number of rotatable bonds is 10. The number of ether oxygens (including phenoxy) is 1. The van der Waals surface area contributed by atoms with Gasteiger partial charge in [0.25, 0.3) is 0 Å². The lowest BCUT2D eigenvalue weighted by Crippen LogP contribution is -2.37. The molecular weight excluding hydrogens is 525 g/mol. The van der Waals surface area contributed by atoms with Gasteiger partial charge in [0.15, 0.2) is 15.7 Å². The van der Waals surface area contributed by atoms with Gasteiger partial charge in [0.05, 0.1) is 10.7 Å². The minimum absolute atomic E-state index is 0.0655. The van der Waals surface area contributed by atoms with E-state index in [1.54, 1.807) is 36.4 Å². The summed E-state index contributed by atoms with van der Waals surface area (Å²) in [6.07, 6.45) is 2.23. The van der Waals surface area contributed by atoms with Gasteiger partial charge in [0.1, 0.15) is 29.3 Å². The van der Waals surface area contributed by atoms with Crippen LogP contribution in [0.1, 0.15) is 12.6 Å². The molecule has 0 saturated carbocycles. The second-order valence-corrected chi connectivity index (χ2v) is 11.3. The number of benzene rings is 2. The number of halogens is 2. The minimum atomic E-state index is -3.37. The highest BCUT2D eigenvalue weighted by molar-refractivity contribution is 7.92. The molecule has 0 bridgehead atoms. The van der Waals surface area contributed by atoms with Gasteiger partial charge in [-0.05, 0) is 36.4 Å². The summed E-state index contributed by atoms with van der Waals surface area (Å²) in [5.41, 5.74) is 2.44. The van der Waals surface area contributed by atoms with Crippen LogP contribution in [0.25, 0.3) is 0 Å². The molecule has 1 aliphatic heterocycles. The van der Waals surface area contributed by atoms with E-state index in [1.165, 1.54) is 13.3 Å². The Hall–Kier alpha value is -3.08. The van der Waals surface area contributed by atoms with Gasteiger partial charge in [-0.3, -0.25) is 4.79 Å². The molecule has 1 aliphatic rings. The fourth-order valence-corrected chi connectivity index (χ4v) is 4.84. The summed E-state index contributed by atoms with van der Waals surface area (Å²) in [4.78, 5) is 22.8. The molecule has 190 valence electrons. The number of nitrogens with zero attached hydrogens (tertiary/aromatic N) is 3. The molecule has 0 aliphatic carbocycles. The number of carbonyl (C=O) groups excluding carboxylic acids is 1. The lowest BCUT2D eigenvalue weighted by Gasteiger charge is -2.22. The van der Waals surface area contributed by atoms with Crippen molar-refractivity contribution in [2.24, 2.45) is 0 Å². The molecule has 3 aromatic rings. The molecule has 4 rings (SSSR count). The lowest BCUT2D eigenvalue weighted by atomic mass is 10.2. The predicted octanol–water partition coefficient (Wildman–Crippen LogP) is 4.23. The summed E-state index contributed by atoms with van der Waals surface area (Å²) in [6.45, 7) is 3.01. The standard InChI is InChI=1S/C24H25Cl2N5O4S/c1-2-36(33,34)14-22(32)27-9-11-31-10-8-20-23(31)24(29-15-28-20)30-17-6-7-21(19(26)13-17)35-18-5-3-4-16(25)12-18/h3-7,12-13,15H,2,8-11,14H2,1H3,(H,27,32)(H,28,29,30). The van der Waals surface area contributed by atoms with Gasteiger partial charge < -0.3 is 20.3 Å². The van der Waals surface area contributed by atoms with Crippen molar-refractivity contribution in [1.82, 2.24) is 15.3 Å². The summed E-state index contributed by atoms with van der Waals surface area (Å²) < 4.78 is 29.1. The summed E-state index contributed by atoms with van der Waals surface area (Å²) in [6, 6.07) is 12.4. The molecule has 0 unspecified atom stereocenters. The number of nitrogens with one attached hydrogen (secondary N) is 2. The fraction of sp³-hybridized carbons (Fsp3) is 0.292. The number of sulfone groups is 1. The van der Waals surface area contributed by atoms with E-state index in [0.717, 1.165) is 17.8 Å². The maximum Gasteiger partial charge on any atom is 0.235 e. The Morgan fingerprint density at radius 3 is 2.75 bits per heavy atom. The van der Waals surface area contributed by atoms with Crippen LogP contribution in [0.3, 0.4) is 0 Å². The zero-order chi connectivity index (χ0) is 25.7. The maximum atomic E-state index is 12.0. The normalized spacial score (nSPS) is 12.8. The molecule has 2 aromatic carbocycles. The van der Waals surface area contributed by atoms with E-state index in [1.807, 2.05) is 6.07 Å². The Balaban J connectivity index is 1.42. The second kappa shape index (κ2) is 11.3. The number of hydrogen-bond donors (Lipinski definition) is 2. The van der Waals surface area contributed by atoms with E-state index in [2.05, 4.69) is 25.5 Å². The van der Waals surface area contributed by atoms with Crippen LogP contribution in [0, 0.1) is 0 Å². The molecule has 2 heterocycles. The van der Waals surface area contributed by atoms with Gasteiger partial charge in [-0.2, -0.15) is 0 Å². The first-order chi connectivity index (χ1) is 17.2. The lowest BCUT2D eigenvalue weighted by molar-refractivity contribution is -0.118. The molecule has 2 N–H and O–H groups in total. The third kappa shape index (κ3) is 6.57. The summed E-state index contributed by atoms with van der Waals surface area (Å²) in [5.74, 6) is 0.594. The smallest absolute Gasteiger partial charge is 0.235 e. The van der Waals surface area contributed by atoms with Gasteiger partial charge >= 0.3 is 0 Å². The quantitative estimate of drug-likeness (QED) is 0.386. The maximum absolute atomic E-state index is 12.0. The van der Waals surface area contributed by atoms with Gasteiger partial charge in [0.2, 0.25) is 5.91 Å². The predicted molar refractivity (Wildman–Crippen MR) is 142 cm³/mol. The average Bonchev–Trinajstić information content (AvgIpc) is 3.25. The summed E-state index contributed by atoms with van der Waals surface area (Å²) in [7, 11) is -3.37. The highest BCUT2D eigenvalue weighted by Crippen LogP contribution is 2.36. The number of amides is 1. The van der Waals surface area contributed by atoms with Crippen molar-refractivity contribution in [2.45, 2.75) is 13.3 Å². The number of aromatic nitrogens is 2. The number of anilines is 3. The van der Waals surface area contributed by atoms with Crippen LogP contribution in [0.5, 0.6) is 11.5 Å². The van der Waals surface area contributed by atoms with E-state index < -0.39 is 21.5 Å². The molecule has 12 heteroatoms. The van der Waals surface area contributed by atoms with Crippen LogP contribution >= 0.6 is 23.2 Å². The molecule has 0 fully saturated rings. The molecule has 1 amide bonds. The third-order valence-electron chi connectivity index (χ3n) is 5.55. The van der Waals surface area contributed by atoms with E-state index in [0.29, 0.717) is 52.7 Å². The van der Waals surface area contributed by atoms with E-state index >= 15 is 0 Å². The van der Waals surface area contributed by atoms with Crippen LogP contribution in [-0.2, 0) is 21.1 Å². The Morgan fingerprint density at radius 1 is 1.17 bits per heavy atom. The molecule has 0 radical (unpaired) electrons. The van der Waals surface area contributed by atoms with Crippen molar-refractivity contribution in [3.8, 4) is 11.5 Å². The fourth-order valence-electron chi connectivity index (χ4n) is 3.74. The average molecular weight is 550 g/mol. The molecule has 36 heavy (non-hydrogen) atoms. The summed E-state index contributed by atoms with van der Waals surface area (Å²) in [5, 5.41) is 6.94. The minimum Gasteiger partial charge on any atom is -0.456 e. The van der Waals surface area contributed by atoms with Crippen molar-refractivity contribution >= 4 is 56.1 Å². The first kappa shape index (κ1) is 26.0. The van der Waals surface area contributed by atoms with Gasteiger partial charge in [-0.1, -0.05) is 36.2 Å². The molecule has 0 spiro atoms.